The van der Waals surface area contributed by atoms with Crippen molar-refractivity contribution in [1.82, 2.24) is 4.31 Å². The largest absolute Gasteiger partial charge is 0.326 e. The van der Waals surface area contributed by atoms with Gasteiger partial charge in [-0.05, 0) is 30.7 Å². The Balaban J connectivity index is 2.51. The van der Waals surface area contributed by atoms with Gasteiger partial charge in [0.2, 0.25) is 15.9 Å². The molecule has 0 radical (unpaired) electrons. The number of benzene rings is 1. The zero-order chi connectivity index (χ0) is 15.9. The smallest absolute Gasteiger partial charge is 0.225 e. The third-order valence-electron chi connectivity index (χ3n) is 2.95. The van der Waals surface area contributed by atoms with E-state index in [9.17, 15) is 17.6 Å². The van der Waals surface area contributed by atoms with Crippen molar-refractivity contribution in [2.24, 2.45) is 0 Å². The van der Waals surface area contributed by atoms with Crippen LogP contribution in [0.4, 0.5) is 10.1 Å². The molecule has 1 amide bonds. The number of halogens is 1. The second-order valence-electron chi connectivity index (χ2n) is 4.82. The third kappa shape index (κ3) is 6.68. The Bertz CT molecular complexity index is 558. The minimum absolute atomic E-state index is 0.0637. The molecule has 0 saturated heterocycles. The van der Waals surface area contributed by atoms with Crippen molar-refractivity contribution < 1.29 is 17.6 Å². The van der Waals surface area contributed by atoms with E-state index in [4.69, 9.17) is 0 Å². The summed E-state index contributed by atoms with van der Waals surface area (Å²) in [6.07, 6.45) is 2.84. The number of unbranched alkanes of at least 4 members (excludes halogenated alkanes) is 1. The topological polar surface area (TPSA) is 66.5 Å². The number of amides is 1. The zero-order valence-corrected chi connectivity index (χ0v) is 13.1. The first-order chi connectivity index (χ1) is 9.82. The van der Waals surface area contributed by atoms with Crippen LogP contribution in [0, 0.1) is 5.82 Å². The summed E-state index contributed by atoms with van der Waals surface area (Å²) in [6.45, 7) is 2.53. The molecule has 21 heavy (non-hydrogen) atoms. The van der Waals surface area contributed by atoms with Gasteiger partial charge in [0.1, 0.15) is 5.82 Å². The van der Waals surface area contributed by atoms with E-state index in [-0.39, 0.29) is 24.7 Å². The Morgan fingerprint density at radius 3 is 2.38 bits per heavy atom. The van der Waals surface area contributed by atoms with Crippen molar-refractivity contribution in [3.05, 3.63) is 30.1 Å². The summed E-state index contributed by atoms with van der Waals surface area (Å²) in [5.74, 6) is -0.678. The van der Waals surface area contributed by atoms with Gasteiger partial charge in [0, 0.05) is 25.2 Å². The molecule has 0 fully saturated rings. The lowest BCUT2D eigenvalue weighted by molar-refractivity contribution is -0.116. The van der Waals surface area contributed by atoms with Gasteiger partial charge in [-0.3, -0.25) is 4.79 Å². The lowest BCUT2D eigenvalue weighted by Gasteiger charge is -2.19. The Morgan fingerprint density at radius 2 is 1.86 bits per heavy atom. The fourth-order valence-electron chi connectivity index (χ4n) is 1.76. The van der Waals surface area contributed by atoms with Crippen LogP contribution in [0.3, 0.4) is 0 Å². The van der Waals surface area contributed by atoms with Gasteiger partial charge in [-0.2, -0.15) is 0 Å². The van der Waals surface area contributed by atoms with Crippen LogP contribution in [0.25, 0.3) is 0 Å². The van der Waals surface area contributed by atoms with Crippen molar-refractivity contribution in [2.45, 2.75) is 26.2 Å². The Labute approximate surface area is 125 Å². The normalized spacial score (nSPS) is 11.6. The number of carbonyl (C=O) groups is 1. The summed E-state index contributed by atoms with van der Waals surface area (Å²) in [5.41, 5.74) is 0.487. The van der Waals surface area contributed by atoms with Crippen LogP contribution in [0.15, 0.2) is 24.3 Å². The molecule has 5 nitrogen and oxygen atoms in total. The van der Waals surface area contributed by atoms with Gasteiger partial charge < -0.3 is 5.32 Å². The van der Waals surface area contributed by atoms with Crippen LogP contribution in [0.5, 0.6) is 0 Å². The van der Waals surface area contributed by atoms with E-state index < -0.39 is 10.0 Å². The molecular weight excluding hydrogens is 295 g/mol. The molecule has 1 rings (SSSR count). The average Bonchev–Trinajstić information content (AvgIpc) is 2.40. The molecule has 118 valence electrons. The highest BCUT2D eigenvalue weighted by Gasteiger charge is 2.17. The number of sulfonamides is 1. The van der Waals surface area contributed by atoms with Crippen molar-refractivity contribution in [3.8, 4) is 0 Å². The van der Waals surface area contributed by atoms with Gasteiger partial charge >= 0.3 is 0 Å². The number of nitrogens with one attached hydrogen (secondary N) is 1. The summed E-state index contributed by atoms with van der Waals surface area (Å²) in [5, 5.41) is 2.60. The molecule has 1 aromatic carbocycles. The number of hydrogen-bond donors (Lipinski definition) is 1. The van der Waals surface area contributed by atoms with Crippen LogP contribution < -0.4 is 5.32 Å². The number of nitrogens with zero attached hydrogens (tertiary/aromatic N) is 1. The van der Waals surface area contributed by atoms with Gasteiger partial charge in [-0.1, -0.05) is 13.3 Å². The Kier molecular flexibility index (Phi) is 6.77. The molecule has 0 bridgehead atoms. The molecule has 0 aliphatic carbocycles. The second-order valence-corrected chi connectivity index (χ2v) is 6.80. The minimum atomic E-state index is -3.31. The predicted octanol–water partition coefficient (Wildman–Crippen LogP) is 2.22. The Hall–Kier alpha value is -1.47. The fraction of sp³-hybridized carbons (Fsp3) is 0.500. The molecule has 1 N–H and O–H groups in total. The highest BCUT2D eigenvalue weighted by Crippen LogP contribution is 2.09. The van der Waals surface area contributed by atoms with Gasteiger partial charge in [-0.15, -0.1) is 0 Å². The molecule has 0 atom stereocenters. The maximum atomic E-state index is 12.7. The first-order valence-corrected chi connectivity index (χ1v) is 8.68. The van der Waals surface area contributed by atoms with E-state index in [2.05, 4.69) is 5.32 Å². The van der Waals surface area contributed by atoms with Gasteiger partial charge in [0.05, 0.1) is 6.26 Å². The van der Waals surface area contributed by atoms with E-state index in [1.54, 1.807) is 0 Å². The molecule has 0 spiro atoms. The van der Waals surface area contributed by atoms with Crippen molar-refractivity contribution in [2.75, 3.05) is 24.7 Å². The number of hydrogen-bond acceptors (Lipinski definition) is 3. The number of rotatable bonds is 8. The highest BCUT2D eigenvalue weighted by atomic mass is 32.2. The van der Waals surface area contributed by atoms with Crippen LogP contribution in [-0.4, -0.2) is 38.0 Å². The van der Waals surface area contributed by atoms with Crippen LogP contribution in [0.1, 0.15) is 26.2 Å². The number of carbonyl (C=O) groups excluding carboxylic acids is 1. The predicted molar refractivity (Wildman–Crippen MR) is 81.0 cm³/mol. The maximum Gasteiger partial charge on any atom is 0.225 e. The highest BCUT2D eigenvalue weighted by molar-refractivity contribution is 7.88. The standard InChI is InChI=1S/C14H21FN2O3S/c1-3-4-10-17(21(2,19)20)11-9-14(18)16-13-7-5-12(15)6-8-13/h5-8H,3-4,9-11H2,1-2H3,(H,16,18). The van der Waals surface area contributed by atoms with E-state index in [0.29, 0.717) is 12.2 Å². The first-order valence-electron chi connectivity index (χ1n) is 6.83. The first kappa shape index (κ1) is 17.6. The van der Waals surface area contributed by atoms with Crippen molar-refractivity contribution >= 4 is 21.6 Å². The van der Waals surface area contributed by atoms with E-state index in [1.165, 1.54) is 28.6 Å². The third-order valence-corrected chi connectivity index (χ3v) is 4.25. The summed E-state index contributed by atoms with van der Waals surface area (Å²) in [6, 6.07) is 5.41. The van der Waals surface area contributed by atoms with Gasteiger partial charge in [0.25, 0.3) is 0 Å². The number of anilines is 1. The Morgan fingerprint density at radius 1 is 1.24 bits per heavy atom. The van der Waals surface area contributed by atoms with Crippen LogP contribution >= 0.6 is 0 Å². The SMILES string of the molecule is CCCCN(CCC(=O)Nc1ccc(F)cc1)S(C)(=O)=O. The quantitative estimate of drug-likeness (QED) is 0.799. The summed E-state index contributed by atoms with van der Waals surface area (Å²) >= 11 is 0. The monoisotopic (exact) mass is 316 g/mol. The lowest BCUT2D eigenvalue weighted by Crippen LogP contribution is -2.33. The van der Waals surface area contributed by atoms with Gasteiger partial charge in [-0.25, -0.2) is 17.1 Å². The average molecular weight is 316 g/mol. The second kappa shape index (κ2) is 8.09. The lowest BCUT2D eigenvalue weighted by atomic mass is 10.3. The van der Waals surface area contributed by atoms with E-state index >= 15 is 0 Å². The van der Waals surface area contributed by atoms with Crippen molar-refractivity contribution in [1.29, 1.82) is 0 Å². The molecule has 0 aliphatic rings. The fourth-order valence-corrected chi connectivity index (χ4v) is 2.64. The van der Waals surface area contributed by atoms with Crippen LogP contribution in [0.2, 0.25) is 0 Å². The van der Waals surface area contributed by atoms with E-state index in [0.717, 1.165) is 19.1 Å². The van der Waals surface area contributed by atoms with Crippen LogP contribution in [-0.2, 0) is 14.8 Å². The summed E-state index contributed by atoms with van der Waals surface area (Å²) in [7, 11) is -3.31. The van der Waals surface area contributed by atoms with E-state index in [1.807, 2.05) is 6.92 Å². The molecule has 0 aliphatic heterocycles. The zero-order valence-electron chi connectivity index (χ0n) is 12.3. The molecule has 0 unspecified atom stereocenters. The molecule has 1 aromatic rings. The maximum absolute atomic E-state index is 12.7. The molecular formula is C14H21FN2O3S. The van der Waals surface area contributed by atoms with Crippen molar-refractivity contribution in [3.63, 3.8) is 0 Å². The molecule has 0 aromatic heterocycles. The molecule has 0 heterocycles. The van der Waals surface area contributed by atoms with Gasteiger partial charge in [0.15, 0.2) is 0 Å². The summed E-state index contributed by atoms with van der Waals surface area (Å²) in [4.78, 5) is 11.8. The summed E-state index contributed by atoms with van der Waals surface area (Å²) < 4.78 is 37.2. The molecule has 7 heteroatoms. The molecule has 0 saturated carbocycles. The minimum Gasteiger partial charge on any atom is -0.326 e.